The van der Waals surface area contributed by atoms with Crippen molar-refractivity contribution < 1.29 is 9.53 Å². The lowest BCUT2D eigenvalue weighted by molar-refractivity contribution is -0.123. The van der Waals surface area contributed by atoms with Crippen LogP contribution >= 0.6 is 0 Å². The highest BCUT2D eigenvalue weighted by molar-refractivity contribution is 5.84. The van der Waals surface area contributed by atoms with Gasteiger partial charge in [0.25, 0.3) is 0 Å². The highest BCUT2D eigenvalue weighted by Gasteiger charge is 2.25. The van der Waals surface area contributed by atoms with Crippen molar-refractivity contribution in [3.63, 3.8) is 0 Å². The molecule has 122 valence electrons. The zero-order chi connectivity index (χ0) is 16.7. The Kier molecular flexibility index (Phi) is 6.21. The first-order valence-corrected chi connectivity index (χ1v) is 8.12. The van der Waals surface area contributed by atoms with E-state index >= 15 is 0 Å². The van der Waals surface area contributed by atoms with Crippen LogP contribution in [0.4, 0.5) is 0 Å². The molecule has 2 atom stereocenters. The molecule has 2 rings (SSSR count). The Bertz CT molecular complexity index is 625. The summed E-state index contributed by atoms with van der Waals surface area (Å²) in [6.45, 7) is 4.72. The van der Waals surface area contributed by atoms with Crippen LogP contribution in [0.15, 0.2) is 54.6 Å². The maximum Gasteiger partial charge on any atom is 0.228 e. The molecule has 0 aromatic heterocycles. The minimum atomic E-state index is -0.129. The normalized spacial score (nSPS) is 13.2. The van der Waals surface area contributed by atoms with E-state index in [0.29, 0.717) is 6.54 Å². The summed E-state index contributed by atoms with van der Waals surface area (Å²) in [4.78, 5) is 12.8. The van der Waals surface area contributed by atoms with Gasteiger partial charge >= 0.3 is 0 Å². The molecule has 0 aliphatic rings. The smallest absolute Gasteiger partial charge is 0.228 e. The Morgan fingerprint density at radius 3 is 2.39 bits per heavy atom. The van der Waals surface area contributed by atoms with E-state index in [4.69, 9.17) is 4.74 Å². The fourth-order valence-corrected chi connectivity index (χ4v) is 2.78. The van der Waals surface area contributed by atoms with Crippen LogP contribution in [0.3, 0.4) is 0 Å². The molecular weight excluding hydrogens is 286 g/mol. The van der Waals surface area contributed by atoms with Gasteiger partial charge in [-0.2, -0.15) is 0 Å². The van der Waals surface area contributed by atoms with Gasteiger partial charge in [0.2, 0.25) is 5.91 Å². The molecule has 0 saturated heterocycles. The molecule has 0 spiro atoms. The summed E-state index contributed by atoms with van der Waals surface area (Å²) >= 11 is 0. The molecule has 0 aliphatic carbocycles. The van der Waals surface area contributed by atoms with Crippen LogP contribution in [0, 0.1) is 5.92 Å². The molecule has 0 radical (unpaired) electrons. The Hall–Kier alpha value is -2.29. The van der Waals surface area contributed by atoms with Crippen molar-refractivity contribution in [3.8, 4) is 5.75 Å². The Balaban J connectivity index is 2.12. The SMILES string of the molecule is CC[C@H](C)[C@H](C(=O)NCc1ccccc1OC)c1ccccc1. The van der Waals surface area contributed by atoms with Gasteiger partial charge in [0.15, 0.2) is 0 Å². The van der Waals surface area contributed by atoms with Crippen LogP contribution in [0.2, 0.25) is 0 Å². The average Bonchev–Trinajstić information content (AvgIpc) is 2.61. The molecule has 0 fully saturated rings. The summed E-state index contributed by atoms with van der Waals surface area (Å²) in [7, 11) is 1.65. The van der Waals surface area contributed by atoms with Crippen LogP contribution in [0.25, 0.3) is 0 Å². The fraction of sp³-hybridized carbons (Fsp3) is 0.350. The quantitative estimate of drug-likeness (QED) is 0.834. The Morgan fingerprint density at radius 1 is 1.09 bits per heavy atom. The number of methoxy groups -OCH3 is 1. The van der Waals surface area contributed by atoms with Crippen LogP contribution in [0.1, 0.15) is 37.3 Å². The van der Waals surface area contributed by atoms with Gasteiger partial charge in [-0.15, -0.1) is 0 Å². The predicted molar refractivity (Wildman–Crippen MR) is 93.5 cm³/mol. The summed E-state index contributed by atoms with van der Waals surface area (Å²) in [5.41, 5.74) is 2.05. The molecule has 2 aromatic rings. The third kappa shape index (κ3) is 4.35. The van der Waals surface area contributed by atoms with Gasteiger partial charge in [-0.05, 0) is 17.5 Å². The molecule has 0 saturated carbocycles. The van der Waals surface area contributed by atoms with Gasteiger partial charge in [-0.3, -0.25) is 4.79 Å². The number of hydrogen-bond acceptors (Lipinski definition) is 2. The van der Waals surface area contributed by atoms with Crippen LogP contribution < -0.4 is 10.1 Å². The van der Waals surface area contributed by atoms with Crippen LogP contribution in [-0.4, -0.2) is 13.0 Å². The third-order valence-corrected chi connectivity index (χ3v) is 4.30. The van der Waals surface area contributed by atoms with Gasteiger partial charge in [0, 0.05) is 12.1 Å². The molecule has 3 heteroatoms. The maximum absolute atomic E-state index is 12.8. The van der Waals surface area contributed by atoms with E-state index in [1.165, 1.54) is 0 Å². The number of para-hydroxylation sites is 1. The van der Waals surface area contributed by atoms with E-state index in [1.54, 1.807) is 7.11 Å². The van der Waals surface area contributed by atoms with E-state index in [1.807, 2.05) is 54.6 Å². The summed E-state index contributed by atoms with van der Waals surface area (Å²) in [6.07, 6.45) is 0.960. The predicted octanol–water partition coefficient (Wildman–Crippen LogP) is 4.14. The number of carbonyl (C=O) groups is 1. The summed E-state index contributed by atoms with van der Waals surface area (Å²) in [5, 5.41) is 3.07. The molecule has 1 amide bonds. The standard InChI is InChI=1S/C20H25NO2/c1-4-15(2)19(16-10-6-5-7-11-16)20(22)21-14-17-12-8-9-13-18(17)23-3/h5-13,15,19H,4,14H2,1-3H3,(H,21,22)/t15-,19-/m0/s1. The molecule has 0 bridgehead atoms. The second kappa shape index (κ2) is 8.37. The number of carbonyl (C=O) groups excluding carboxylic acids is 1. The van der Waals surface area contributed by atoms with E-state index in [9.17, 15) is 4.79 Å². The lowest BCUT2D eigenvalue weighted by Crippen LogP contribution is -2.32. The van der Waals surface area contributed by atoms with Gasteiger partial charge in [0.05, 0.1) is 13.0 Å². The first-order valence-electron chi connectivity index (χ1n) is 8.12. The van der Waals surface area contributed by atoms with E-state index in [-0.39, 0.29) is 17.7 Å². The average molecular weight is 311 g/mol. The number of hydrogen-bond donors (Lipinski definition) is 1. The van der Waals surface area contributed by atoms with E-state index < -0.39 is 0 Å². The van der Waals surface area contributed by atoms with Crippen molar-refractivity contribution in [2.75, 3.05) is 7.11 Å². The molecule has 0 heterocycles. The number of ether oxygens (including phenoxy) is 1. The number of amides is 1. The van der Waals surface area contributed by atoms with E-state index in [2.05, 4.69) is 19.2 Å². The van der Waals surface area contributed by atoms with Crippen molar-refractivity contribution in [2.24, 2.45) is 5.92 Å². The first-order chi connectivity index (χ1) is 11.2. The van der Waals surface area contributed by atoms with Gasteiger partial charge in [-0.25, -0.2) is 0 Å². The lowest BCUT2D eigenvalue weighted by Gasteiger charge is -2.23. The van der Waals surface area contributed by atoms with E-state index in [0.717, 1.165) is 23.3 Å². The Morgan fingerprint density at radius 2 is 1.74 bits per heavy atom. The minimum Gasteiger partial charge on any atom is -0.496 e. The van der Waals surface area contributed by atoms with Crippen molar-refractivity contribution in [1.29, 1.82) is 0 Å². The highest BCUT2D eigenvalue weighted by atomic mass is 16.5. The van der Waals surface area contributed by atoms with Gasteiger partial charge in [0.1, 0.15) is 5.75 Å². The van der Waals surface area contributed by atoms with Crippen LogP contribution in [0.5, 0.6) is 5.75 Å². The molecule has 2 aromatic carbocycles. The lowest BCUT2D eigenvalue weighted by atomic mass is 9.85. The van der Waals surface area contributed by atoms with Crippen LogP contribution in [-0.2, 0) is 11.3 Å². The summed E-state index contributed by atoms with van der Waals surface area (Å²) < 4.78 is 5.34. The third-order valence-electron chi connectivity index (χ3n) is 4.30. The zero-order valence-electron chi connectivity index (χ0n) is 14.1. The monoisotopic (exact) mass is 311 g/mol. The Labute approximate surface area is 138 Å². The van der Waals surface area contributed by atoms with Gasteiger partial charge < -0.3 is 10.1 Å². The first kappa shape index (κ1) is 17.1. The maximum atomic E-state index is 12.8. The largest absolute Gasteiger partial charge is 0.496 e. The van der Waals surface area contributed by atoms with Crippen molar-refractivity contribution in [1.82, 2.24) is 5.32 Å². The molecule has 3 nitrogen and oxygen atoms in total. The number of benzene rings is 2. The zero-order valence-corrected chi connectivity index (χ0v) is 14.1. The highest BCUT2D eigenvalue weighted by Crippen LogP contribution is 2.27. The summed E-state index contributed by atoms with van der Waals surface area (Å²) in [6, 6.07) is 17.8. The molecule has 0 aliphatic heterocycles. The number of nitrogens with one attached hydrogen (secondary N) is 1. The van der Waals surface area contributed by atoms with Crippen molar-refractivity contribution in [2.45, 2.75) is 32.7 Å². The molecule has 23 heavy (non-hydrogen) atoms. The summed E-state index contributed by atoms with van der Waals surface area (Å²) in [5.74, 6) is 1.02. The topological polar surface area (TPSA) is 38.3 Å². The molecule has 0 unspecified atom stereocenters. The van der Waals surface area contributed by atoms with Crippen molar-refractivity contribution in [3.05, 3.63) is 65.7 Å². The van der Waals surface area contributed by atoms with Crippen molar-refractivity contribution >= 4 is 5.91 Å². The minimum absolute atomic E-state index is 0.0662. The fourth-order valence-electron chi connectivity index (χ4n) is 2.78. The molecule has 1 N–H and O–H groups in total. The second-order valence-electron chi connectivity index (χ2n) is 5.80. The second-order valence-corrected chi connectivity index (χ2v) is 5.80. The number of rotatable bonds is 7. The molecular formula is C20H25NO2. The van der Waals surface area contributed by atoms with Gasteiger partial charge in [-0.1, -0.05) is 68.8 Å².